The molecule has 0 saturated carbocycles. The van der Waals surface area contributed by atoms with Crippen LogP contribution < -0.4 is 5.32 Å². The van der Waals surface area contributed by atoms with Gasteiger partial charge in [-0.05, 0) is 25.0 Å². The summed E-state index contributed by atoms with van der Waals surface area (Å²) in [6.45, 7) is 6.58. The van der Waals surface area contributed by atoms with Crippen LogP contribution in [0.1, 0.15) is 30.4 Å². The lowest BCUT2D eigenvalue weighted by Crippen LogP contribution is -2.50. The fraction of sp³-hybridized carbons (Fsp3) is 0.476. The van der Waals surface area contributed by atoms with E-state index in [1.54, 1.807) is 23.1 Å². The topological polar surface area (TPSA) is 78.7 Å². The van der Waals surface area contributed by atoms with Gasteiger partial charge in [0.15, 0.2) is 0 Å². The Kier molecular flexibility index (Phi) is 6.98. The Labute approximate surface area is 169 Å². The highest BCUT2D eigenvalue weighted by molar-refractivity contribution is 5.87. The second-order valence-corrected chi connectivity index (χ2v) is 7.43. The largest absolute Gasteiger partial charge is 0.361 e. The van der Waals surface area contributed by atoms with E-state index in [0.29, 0.717) is 31.7 Å². The van der Waals surface area contributed by atoms with E-state index in [2.05, 4.69) is 15.4 Å². The van der Waals surface area contributed by atoms with Crippen molar-refractivity contribution in [3.63, 3.8) is 0 Å². The van der Waals surface area contributed by atoms with Gasteiger partial charge in [-0.15, -0.1) is 0 Å². The predicted molar refractivity (Wildman–Crippen MR) is 105 cm³/mol. The van der Waals surface area contributed by atoms with Crippen LogP contribution >= 0.6 is 0 Å². The minimum Gasteiger partial charge on any atom is -0.361 e. The van der Waals surface area contributed by atoms with Gasteiger partial charge in [-0.3, -0.25) is 14.5 Å². The lowest BCUT2D eigenvalue weighted by atomic mass is 10.0. The zero-order valence-electron chi connectivity index (χ0n) is 16.9. The Balaban J connectivity index is 1.64. The van der Waals surface area contributed by atoms with Crippen LogP contribution in [0.25, 0.3) is 0 Å². The van der Waals surface area contributed by atoms with Crippen molar-refractivity contribution in [1.82, 2.24) is 20.3 Å². The molecule has 2 heterocycles. The molecule has 1 saturated heterocycles. The summed E-state index contributed by atoms with van der Waals surface area (Å²) in [7, 11) is 0. The van der Waals surface area contributed by atoms with E-state index in [1.165, 1.54) is 13.0 Å². The summed E-state index contributed by atoms with van der Waals surface area (Å²) in [6.07, 6.45) is 0.943. The van der Waals surface area contributed by atoms with Crippen molar-refractivity contribution in [3.05, 3.63) is 53.2 Å². The van der Waals surface area contributed by atoms with Crippen molar-refractivity contribution in [2.75, 3.05) is 26.2 Å². The zero-order valence-corrected chi connectivity index (χ0v) is 16.9. The molecule has 0 spiro atoms. The summed E-state index contributed by atoms with van der Waals surface area (Å²) in [5.41, 5.74) is 1.29. The van der Waals surface area contributed by atoms with Gasteiger partial charge in [0.05, 0.1) is 5.69 Å². The molecule has 1 aromatic carbocycles. The highest BCUT2D eigenvalue weighted by atomic mass is 19.1. The van der Waals surface area contributed by atoms with Gasteiger partial charge in [0.2, 0.25) is 11.8 Å². The Morgan fingerprint density at radius 3 is 2.72 bits per heavy atom. The zero-order chi connectivity index (χ0) is 20.8. The molecular weight excluding hydrogens is 375 g/mol. The van der Waals surface area contributed by atoms with E-state index in [1.807, 2.05) is 13.0 Å². The van der Waals surface area contributed by atoms with Crippen LogP contribution in [-0.2, 0) is 22.6 Å². The second kappa shape index (κ2) is 9.65. The summed E-state index contributed by atoms with van der Waals surface area (Å²) >= 11 is 0. The lowest BCUT2D eigenvalue weighted by Gasteiger charge is -2.27. The normalized spacial score (nSPS) is 16.3. The quantitative estimate of drug-likeness (QED) is 0.799. The van der Waals surface area contributed by atoms with Crippen LogP contribution in [-0.4, -0.2) is 59.0 Å². The number of halogens is 1. The van der Waals surface area contributed by atoms with Gasteiger partial charge in [0.1, 0.15) is 17.6 Å². The first-order valence-electron chi connectivity index (χ1n) is 9.86. The van der Waals surface area contributed by atoms with Crippen LogP contribution in [0.5, 0.6) is 0 Å². The third-order valence-electron chi connectivity index (χ3n) is 5.02. The molecule has 1 atom stereocenters. The van der Waals surface area contributed by atoms with Gasteiger partial charge in [-0.2, -0.15) is 0 Å². The highest BCUT2D eigenvalue weighted by Crippen LogP contribution is 2.14. The van der Waals surface area contributed by atoms with E-state index in [-0.39, 0.29) is 24.1 Å². The lowest BCUT2D eigenvalue weighted by molar-refractivity contribution is -0.136. The number of amides is 2. The third kappa shape index (κ3) is 5.87. The van der Waals surface area contributed by atoms with Gasteiger partial charge < -0.3 is 14.7 Å². The molecule has 1 aliphatic heterocycles. The average Bonchev–Trinajstić information content (AvgIpc) is 2.94. The smallest absolute Gasteiger partial charge is 0.245 e. The van der Waals surface area contributed by atoms with E-state index in [0.717, 1.165) is 24.4 Å². The fourth-order valence-electron chi connectivity index (χ4n) is 3.62. The predicted octanol–water partition coefficient (Wildman–Crippen LogP) is 1.90. The van der Waals surface area contributed by atoms with Crippen molar-refractivity contribution in [1.29, 1.82) is 0 Å². The van der Waals surface area contributed by atoms with Gasteiger partial charge in [-0.25, -0.2) is 4.39 Å². The van der Waals surface area contributed by atoms with Crippen LogP contribution in [0.2, 0.25) is 0 Å². The average molecular weight is 402 g/mol. The Morgan fingerprint density at radius 1 is 1.24 bits per heavy atom. The molecular formula is C21H27FN4O3. The summed E-state index contributed by atoms with van der Waals surface area (Å²) < 4.78 is 19.2. The molecule has 8 heteroatoms. The van der Waals surface area contributed by atoms with Crippen molar-refractivity contribution >= 4 is 11.8 Å². The van der Waals surface area contributed by atoms with Gasteiger partial charge in [0, 0.05) is 52.1 Å². The van der Waals surface area contributed by atoms with Crippen molar-refractivity contribution < 1.29 is 18.5 Å². The number of aryl methyl sites for hydroxylation is 1. The first-order chi connectivity index (χ1) is 13.9. The van der Waals surface area contributed by atoms with Crippen molar-refractivity contribution in [2.45, 2.75) is 39.3 Å². The maximum atomic E-state index is 14.1. The highest BCUT2D eigenvalue weighted by Gasteiger charge is 2.28. The minimum atomic E-state index is -0.783. The van der Waals surface area contributed by atoms with Crippen molar-refractivity contribution in [2.24, 2.45) is 0 Å². The number of aromatic nitrogens is 1. The maximum Gasteiger partial charge on any atom is 0.245 e. The molecule has 3 rings (SSSR count). The number of carbonyl (C=O) groups excluding carboxylic acids is 2. The molecule has 1 aliphatic rings. The van der Waals surface area contributed by atoms with E-state index >= 15 is 0 Å². The number of hydrogen-bond acceptors (Lipinski definition) is 5. The van der Waals surface area contributed by atoms with E-state index in [4.69, 9.17) is 4.52 Å². The molecule has 1 aromatic heterocycles. The fourth-order valence-corrected chi connectivity index (χ4v) is 3.62. The third-order valence-corrected chi connectivity index (χ3v) is 5.02. The number of rotatable bonds is 6. The molecule has 2 amide bonds. The van der Waals surface area contributed by atoms with Gasteiger partial charge in [-0.1, -0.05) is 23.4 Å². The molecule has 0 radical (unpaired) electrons. The summed E-state index contributed by atoms with van der Waals surface area (Å²) in [6, 6.07) is 7.46. The van der Waals surface area contributed by atoms with Crippen LogP contribution in [0.15, 0.2) is 34.9 Å². The van der Waals surface area contributed by atoms with E-state index < -0.39 is 6.04 Å². The Morgan fingerprint density at radius 2 is 2.03 bits per heavy atom. The summed E-state index contributed by atoms with van der Waals surface area (Å²) in [4.78, 5) is 28.7. The van der Waals surface area contributed by atoms with Gasteiger partial charge >= 0.3 is 0 Å². The molecule has 0 bridgehead atoms. The van der Waals surface area contributed by atoms with Crippen molar-refractivity contribution in [3.8, 4) is 0 Å². The SMILES string of the molecule is CC(=O)NC(Cc1ccccc1F)C(=O)N1CCCN(Cc2cc(C)on2)CC1. The molecule has 7 nitrogen and oxygen atoms in total. The number of nitrogens with zero attached hydrogens (tertiary/aromatic N) is 3. The molecule has 156 valence electrons. The summed E-state index contributed by atoms with van der Waals surface area (Å²) in [5.74, 6) is -0.0846. The maximum absolute atomic E-state index is 14.1. The molecule has 2 aromatic rings. The first-order valence-corrected chi connectivity index (χ1v) is 9.86. The Hall–Kier alpha value is -2.74. The molecule has 1 fully saturated rings. The van der Waals surface area contributed by atoms with E-state index in [9.17, 15) is 14.0 Å². The van der Waals surface area contributed by atoms with Gasteiger partial charge in [0.25, 0.3) is 0 Å². The number of nitrogens with one attached hydrogen (secondary N) is 1. The first kappa shape index (κ1) is 21.0. The number of benzene rings is 1. The van der Waals surface area contributed by atoms with Crippen LogP contribution in [0.3, 0.4) is 0 Å². The standard InChI is InChI=1S/C21H27FN4O3/c1-15-12-18(24-29-15)14-25-8-5-9-26(11-10-25)21(28)20(23-16(2)27)13-17-6-3-4-7-19(17)22/h3-4,6-7,12,20H,5,8-11,13-14H2,1-2H3,(H,23,27). The van der Waals surface area contributed by atoms with Crippen LogP contribution in [0, 0.1) is 12.7 Å². The number of carbonyl (C=O) groups is 2. The van der Waals surface area contributed by atoms with Crippen LogP contribution in [0.4, 0.5) is 4.39 Å². The summed E-state index contributed by atoms with van der Waals surface area (Å²) in [5, 5.41) is 6.72. The second-order valence-electron chi connectivity index (χ2n) is 7.43. The Bertz CT molecular complexity index is 854. The molecule has 0 aliphatic carbocycles. The molecule has 1 N–H and O–H groups in total. The molecule has 29 heavy (non-hydrogen) atoms. The monoisotopic (exact) mass is 402 g/mol. The molecule has 1 unspecified atom stereocenters. The number of hydrogen-bond donors (Lipinski definition) is 1. The minimum absolute atomic E-state index is 0.128.